The van der Waals surface area contributed by atoms with Gasteiger partial charge in [0.05, 0.1) is 10.4 Å². The first kappa shape index (κ1) is 17.4. The zero-order valence-corrected chi connectivity index (χ0v) is 16.3. The number of benzene rings is 1. The number of rotatable bonds is 5. The van der Waals surface area contributed by atoms with Gasteiger partial charge in [0.25, 0.3) is 0 Å². The molecule has 3 heterocycles. The van der Waals surface area contributed by atoms with Gasteiger partial charge < -0.3 is 0 Å². The summed E-state index contributed by atoms with van der Waals surface area (Å²) >= 11 is 1.72. The Morgan fingerprint density at radius 1 is 1.07 bits per heavy atom. The average molecular weight is 390 g/mol. The summed E-state index contributed by atoms with van der Waals surface area (Å²) in [7, 11) is 0. The Hall–Kier alpha value is -2.73. The highest BCUT2D eigenvalue weighted by atomic mass is 32.2. The Morgan fingerprint density at radius 2 is 1.89 bits per heavy atom. The van der Waals surface area contributed by atoms with Gasteiger partial charge in [-0.15, -0.1) is 11.8 Å². The largest absolute Gasteiger partial charge is 0.235 e. The van der Waals surface area contributed by atoms with Gasteiger partial charge in [-0.05, 0) is 41.7 Å². The highest BCUT2D eigenvalue weighted by Crippen LogP contribution is 2.40. The maximum absolute atomic E-state index is 13.4. The molecule has 0 bridgehead atoms. The molecule has 0 amide bonds. The molecule has 5 rings (SSSR count). The minimum absolute atomic E-state index is 0.529. The first-order valence-electron chi connectivity index (χ1n) is 9.46. The second kappa shape index (κ2) is 7.02. The van der Waals surface area contributed by atoms with Gasteiger partial charge in [0, 0.05) is 35.6 Å². The minimum atomic E-state index is -0.529. The first-order valence-corrected chi connectivity index (χ1v) is 10.4. The van der Waals surface area contributed by atoms with E-state index >= 15 is 0 Å². The predicted molar refractivity (Wildman–Crippen MR) is 110 cm³/mol. The van der Waals surface area contributed by atoms with E-state index in [1.165, 1.54) is 36.2 Å². The fourth-order valence-corrected chi connectivity index (χ4v) is 4.19. The molecule has 0 radical (unpaired) electrons. The van der Waals surface area contributed by atoms with Crippen molar-refractivity contribution in [3.05, 3.63) is 66.5 Å². The van der Waals surface area contributed by atoms with Crippen LogP contribution in [0.2, 0.25) is 0 Å². The van der Waals surface area contributed by atoms with E-state index in [2.05, 4.69) is 47.3 Å². The lowest BCUT2D eigenvalue weighted by atomic mass is 10.0. The number of pyridine rings is 2. The summed E-state index contributed by atoms with van der Waals surface area (Å²) in [5.74, 6) is 1.91. The Balaban J connectivity index is 1.54. The number of thioether (sulfide) groups is 1. The van der Waals surface area contributed by atoms with Gasteiger partial charge in [-0.1, -0.05) is 31.2 Å². The van der Waals surface area contributed by atoms with E-state index in [0.717, 1.165) is 33.3 Å². The Bertz CT molecular complexity index is 1150. The summed E-state index contributed by atoms with van der Waals surface area (Å²) in [6.07, 6.45) is 7.84. The first-order chi connectivity index (χ1) is 13.7. The number of aromatic nitrogens is 4. The van der Waals surface area contributed by atoms with Crippen molar-refractivity contribution in [2.75, 3.05) is 5.75 Å². The molecule has 0 N–H and O–H groups in total. The van der Waals surface area contributed by atoms with Crippen molar-refractivity contribution in [1.29, 1.82) is 0 Å². The van der Waals surface area contributed by atoms with Crippen LogP contribution in [0.25, 0.3) is 27.8 Å². The molecule has 28 heavy (non-hydrogen) atoms. The predicted octanol–water partition coefficient (Wildman–Crippen LogP) is 5.61. The quantitative estimate of drug-likeness (QED) is 0.328. The standard InChI is InChI=1S/C22H19FN4S/c1-2-28-20-9-17(16-7-5-15(6-8-16)14-3-4-14)11-25-22(20)27-13-18-12-24-21(23)10-19(18)26-27/h5-14H,2-4H2,1H3. The highest BCUT2D eigenvalue weighted by Gasteiger charge is 2.23. The normalized spacial score (nSPS) is 13.9. The van der Waals surface area contributed by atoms with E-state index in [1.54, 1.807) is 16.4 Å². The maximum atomic E-state index is 13.4. The molecule has 0 spiro atoms. The number of hydrogen-bond acceptors (Lipinski definition) is 4. The van der Waals surface area contributed by atoms with Crippen molar-refractivity contribution in [2.24, 2.45) is 0 Å². The van der Waals surface area contributed by atoms with Gasteiger partial charge in [-0.25, -0.2) is 14.6 Å². The van der Waals surface area contributed by atoms with Crippen LogP contribution in [0.4, 0.5) is 4.39 Å². The van der Waals surface area contributed by atoms with E-state index in [0.29, 0.717) is 5.52 Å². The molecule has 1 aliphatic carbocycles. The van der Waals surface area contributed by atoms with Crippen molar-refractivity contribution < 1.29 is 4.39 Å². The summed E-state index contributed by atoms with van der Waals surface area (Å²) in [5.41, 5.74) is 4.26. The molecule has 1 saturated carbocycles. The van der Waals surface area contributed by atoms with Gasteiger partial charge in [0.15, 0.2) is 5.82 Å². The summed E-state index contributed by atoms with van der Waals surface area (Å²) < 4.78 is 15.1. The number of nitrogens with zero attached hydrogens (tertiary/aromatic N) is 4. The lowest BCUT2D eigenvalue weighted by molar-refractivity contribution is 0.586. The molecule has 4 aromatic rings. The monoisotopic (exact) mass is 390 g/mol. The molecule has 0 unspecified atom stereocenters. The number of hydrogen-bond donors (Lipinski definition) is 0. The van der Waals surface area contributed by atoms with Gasteiger partial charge >= 0.3 is 0 Å². The van der Waals surface area contributed by atoms with Crippen molar-refractivity contribution in [1.82, 2.24) is 19.7 Å². The third-order valence-corrected chi connectivity index (χ3v) is 5.90. The van der Waals surface area contributed by atoms with Crippen LogP contribution in [0, 0.1) is 5.95 Å². The highest BCUT2D eigenvalue weighted by molar-refractivity contribution is 7.99. The molecule has 0 saturated heterocycles. The van der Waals surface area contributed by atoms with Crippen LogP contribution in [-0.2, 0) is 0 Å². The molecule has 0 aliphatic heterocycles. The molecule has 1 aromatic carbocycles. The summed E-state index contributed by atoms with van der Waals surface area (Å²) in [4.78, 5) is 9.45. The van der Waals surface area contributed by atoms with E-state index < -0.39 is 5.95 Å². The van der Waals surface area contributed by atoms with Crippen LogP contribution >= 0.6 is 11.8 Å². The zero-order valence-electron chi connectivity index (χ0n) is 15.5. The molecule has 4 nitrogen and oxygen atoms in total. The minimum Gasteiger partial charge on any atom is -0.235 e. The third kappa shape index (κ3) is 3.29. The SMILES string of the molecule is CCSc1cc(-c2ccc(C3CC3)cc2)cnc1-n1cc2cnc(F)cc2n1. The van der Waals surface area contributed by atoms with Crippen LogP contribution in [0.1, 0.15) is 31.2 Å². The van der Waals surface area contributed by atoms with Crippen LogP contribution in [-0.4, -0.2) is 25.5 Å². The van der Waals surface area contributed by atoms with E-state index in [1.807, 2.05) is 12.4 Å². The zero-order chi connectivity index (χ0) is 19.1. The van der Waals surface area contributed by atoms with Crippen molar-refractivity contribution in [2.45, 2.75) is 30.6 Å². The topological polar surface area (TPSA) is 43.6 Å². The molecule has 1 fully saturated rings. The van der Waals surface area contributed by atoms with Gasteiger partial charge in [-0.2, -0.15) is 9.49 Å². The Morgan fingerprint density at radius 3 is 2.64 bits per heavy atom. The number of halogens is 1. The van der Waals surface area contributed by atoms with E-state index in [9.17, 15) is 4.39 Å². The Kier molecular flexibility index (Phi) is 4.36. The lowest BCUT2D eigenvalue weighted by Gasteiger charge is -2.10. The summed E-state index contributed by atoms with van der Waals surface area (Å²) in [6, 6.07) is 12.3. The second-order valence-electron chi connectivity index (χ2n) is 7.01. The van der Waals surface area contributed by atoms with Gasteiger partial charge in [0.2, 0.25) is 5.95 Å². The molecule has 0 atom stereocenters. The van der Waals surface area contributed by atoms with Crippen LogP contribution in [0.15, 0.2) is 59.9 Å². The average Bonchev–Trinajstić information content (AvgIpc) is 3.48. The molecule has 1 aliphatic rings. The second-order valence-corrected chi connectivity index (χ2v) is 8.32. The van der Waals surface area contributed by atoms with Crippen LogP contribution in [0.3, 0.4) is 0 Å². The summed E-state index contributed by atoms with van der Waals surface area (Å²) in [5, 5.41) is 5.28. The third-order valence-electron chi connectivity index (χ3n) is 5.00. The van der Waals surface area contributed by atoms with Crippen molar-refractivity contribution in [3.8, 4) is 16.9 Å². The van der Waals surface area contributed by atoms with Crippen molar-refractivity contribution >= 4 is 22.7 Å². The van der Waals surface area contributed by atoms with Gasteiger partial charge in [0.1, 0.15) is 0 Å². The fraction of sp³-hybridized carbons (Fsp3) is 0.227. The molecule has 140 valence electrons. The molecule has 6 heteroatoms. The lowest BCUT2D eigenvalue weighted by Crippen LogP contribution is -2.01. The maximum Gasteiger partial charge on any atom is 0.215 e. The van der Waals surface area contributed by atoms with Crippen molar-refractivity contribution in [3.63, 3.8) is 0 Å². The summed E-state index contributed by atoms with van der Waals surface area (Å²) in [6.45, 7) is 2.12. The molecule has 3 aromatic heterocycles. The Labute approximate surface area is 166 Å². The van der Waals surface area contributed by atoms with Gasteiger partial charge in [-0.3, -0.25) is 0 Å². The fourth-order valence-electron chi connectivity index (χ4n) is 3.40. The van der Waals surface area contributed by atoms with Crippen LogP contribution < -0.4 is 0 Å². The molecular weight excluding hydrogens is 371 g/mol. The molecular formula is C22H19FN4S. The smallest absolute Gasteiger partial charge is 0.215 e. The number of fused-ring (bicyclic) bond motifs is 1. The van der Waals surface area contributed by atoms with E-state index in [4.69, 9.17) is 4.98 Å². The van der Waals surface area contributed by atoms with E-state index in [-0.39, 0.29) is 0 Å². The van der Waals surface area contributed by atoms with Crippen LogP contribution in [0.5, 0.6) is 0 Å².